The van der Waals surface area contributed by atoms with Crippen molar-refractivity contribution in [1.29, 1.82) is 0 Å². The van der Waals surface area contributed by atoms with Crippen molar-refractivity contribution in [3.63, 3.8) is 0 Å². The molecule has 4 nitrogen and oxygen atoms in total. The highest BCUT2D eigenvalue weighted by Crippen LogP contribution is 2.22. The van der Waals surface area contributed by atoms with Gasteiger partial charge in [0.15, 0.2) is 0 Å². The number of aryl methyl sites for hydroxylation is 1. The first-order valence-electron chi connectivity index (χ1n) is 6.60. The molecule has 0 saturated heterocycles. The molecule has 1 aliphatic heterocycles. The van der Waals surface area contributed by atoms with E-state index in [9.17, 15) is 4.79 Å². The summed E-state index contributed by atoms with van der Waals surface area (Å²) in [6.45, 7) is 4.64. The molecule has 1 aromatic heterocycles. The van der Waals surface area contributed by atoms with Crippen LogP contribution in [-0.2, 0) is 19.5 Å². The third-order valence-electron chi connectivity index (χ3n) is 3.60. The van der Waals surface area contributed by atoms with Gasteiger partial charge in [-0.1, -0.05) is 6.07 Å². The molecule has 2 aromatic rings. The number of hydrogen-bond acceptors (Lipinski definition) is 4. The van der Waals surface area contributed by atoms with Crippen molar-refractivity contribution in [3.05, 3.63) is 51.0 Å². The predicted octanol–water partition coefficient (Wildman–Crippen LogP) is 2.71. The summed E-state index contributed by atoms with van der Waals surface area (Å²) in [5.74, 6) is -0.861. The molecule has 0 amide bonds. The van der Waals surface area contributed by atoms with Crippen LogP contribution >= 0.6 is 11.3 Å². The second kappa shape index (κ2) is 5.34. The maximum atomic E-state index is 11.0. The smallest absolute Gasteiger partial charge is 0.335 e. The van der Waals surface area contributed by atoms with Gasteiger partial charge in [0.05, 0.1) is 16.3 Å². The van der Waals surface area contributed by atoms with Crippen LogP contribution in [-0.4, -0.2) is 27.5 Å². The molecule has 0 unspecified atom stereocenters. The monoisotopic (exact) mass is 288 g/mol. The number of aromatic carboxylic acids is 1. The second-order valence-corrected chi connectivity index (χ2v) is 6.17. The fourth-order valence-electron chi connectivity index (χ4n) is 2.59. The number of nitrogens with zero attached hydrogens (tertiary/aromatic N) is 2. The predicted molar refractivity (Wildman–Crippen MR) is 78.1 cm³/mol. The Morgan fingerprint density at radius 3 is 3.00 bits per heavy atom. The summed E-state index contributed by atoms with van der Waals surface area (Å²) < 4.78 is 0. The molecule has 2 heterocycles. The number of carbonyl (C=O) groups is 1. The Morgan fingerprint density at radius 1 is 1.45 bits per heavy atom. The van der Waals surface area contributed by atoms with Crippen LogP contribution in [0.2, 0.25) is 0 Å². The van der Waals surface area contributed by atoms with Crippen molar-refractivity contribution in [3.8, 4) is 0 Å². The molecule has 3 rings (SSSR count). The standard InChI is InChI=1S/C15H16N2O2S/c1-10-16-14(9-20-10)8-17-5-4-11-2-3-12(15(18)19)6-13(11)7-17/h2-3,6,9H,4-5,7-8H2,1H3,(H,18,19). The molecular weight excluding hydrogens is 272 g/mol. The van der Waals surface area contributed by atoms with Crippen molar-refractivity contribution in [2.75, 3.05) is 6.54 Å². The SMILES string of the molecule is Cc1nc(CN2CCc3ccc(C(=O)O)cc3C2)cs1. The molecule has 20 heavy (non-hydrogen) atoms. The average Bonchev–Trinajstić information content (AvgIpc) is 2.83. The van der Waals surface area contributed by atoms with Crippen molar-refractivity contribution < 1.29 is 9.90 Å². The minimum absolute atomic E-state index is 0.370. The zero-order valence-electron chi connectivity index (χ0n) is 11.3. The van der Waals surface area contributed by atoms with Gasteiger partial charge in [0.1, 0.15) is 0 Å². The molecule has 0 saturated carbocycles. The lowest BCUT2D eigenvalue weighted by Crippen LogP contribution is -2.30. The van der Waals surface area contributed by atoms with Gasteiger partial charge in [0, 0.05) is 25.0 Å². The average molecular weight is 288 g/mol. The van der Waals surface area contributed by atoms with Crippen molar-refractivity contribution >= 4 is 17.3 Å². The van der Waals surface area contributed by atoms with Crippen LogP contribution in [0, 0.1) is 6.92 Å². The Balaban J connectivity index is 1.76. The number of carboxylic acid groups (broad SMARTS) is 1. The van der Waals surface area contributed by atoms with Gasteiger partial charge in [-0.2, -0.15) is 0 Å². The number of fused-ring (bicyclic) bond motifs is 1. The quantitative estimate of drug-likeness (QED) is 0.943. The van der Waals surface area contributed by atoms with Crippen molar-refractivity contribution in [2.24, 2.45) is 0 Å². The van der Waals surface area contributed by atoms with Gasteiger partial charge in [-0.15, -0.1) is 11.3 Å². The second-order valence-electron chi connectivity index (χ2n) is 5.11. The van der Waals surface area contributed by atoms with Gasteiger partial charge in [0.25, 0.3) is 0 Å². The number of carboxylic acids is 1. The molecule has 0 aliphatic carbocycles. The van der Waals surface area contributed by atoms with E-state index in [4.69, 9.17) is 5.11 Å². The van der Waals surface area contributed by atoms with E-state index in [1.165, 1.54) is 5.56 Å². The minimum atomic E-state index is -0.861. The van der Waals surface area contributed by atoms with Crippen LogP contribution in [0.1, 0.15) is 32.2 Å². The number of hydrogen-bond donors (Lipinski definition) is 1. The first-order chi connectivity index (χ1) is 9.61. The van der Waals surface area contributed by atoms with E-state index in [1.807, 2.05) is 13.0 Å². The molecule has 0 fully saturated rings. The Bertz CT molecular complexity index is 651. The Labute approximate surface area is 121 Å². The highest BCUT2D eigenvalue weighted by Gasteiger charge is 2.18. The van der Waals surface area contributed by atoms with E-state index < -0.39 is 5.97 Å². The van der Waals surface area contributed by atoms with E-state index in [1.54, 1.807) is 23.5 Å². The van der Waals surface area contributed by atoms with Gasteiger partial charge in [0.2, 0.25) is 0 Å². The first kappa shape index (κ1) is 13.3. The van der Waals surface area contributed by atoms with Crippen LogP contribution in [0.5, 0.6) is 0 Å². The number of benzene rings is 1. The van der Waals surface area contributed by atoms with E-state index >= 15 is 0 Å². The summed E-state index contributed by atoms with van der Waals surface area (Å²) in [7, 11) is 0. The van der Waals surface area contributed by atoms with Crippen LogP contribution < -0.4 is 0 Å². The first-order valence-corrected chi connectivity index (χ1v) is 7.48. The topological polar surface area (TPSA) is 53.4 Å². The largest absolute Gasteiger partial charge is 0.478 e. The summed E-state index contributed by atoms with van der Waals surface area (Å²) >= 11 is 1.67. The summed E-state index contributed by atoms with van der Waals surface area (Å²) in [5, 5.41) is 12.3. The summed E-state index contributed by atoms with van der Waals surface area (Å²) in [6.07, 6.45) is 0.971. The molecule has 0 radical (unpaired) electrons. The lowest BCUT2D eigenvalue weighted by molar-refractivity contribution is 0.0696. The highest BCUT2D eigenvalue weighted by molar-refractivity contribution is 7.09. The van der Waals surface area contributed by atoms with Crippen LogP contribution in [0.15, 0.2) is 23.6 Å². The zero-order valence-corrected chi connectivity index (χ0v) is 12.1. The van der Waals surface area contributed by atoms with E-state index in [-0.39, 0.29) is 0 Å². The molecule has 104 valence electrons. The molecule has 1 N–H and O–H groups in total. The lowest BCUT2D eigenvalue weighted by Gasteiger charge is -2.28. The zero-order chi connectivity index (χ0) is 14.1. The number of rotatable bonds is 3. The third kappa shape index (κ3) is 2.73. The molecule has 5 heteroatoms. The molecule has 0 atom stereocenters. The van der Waals surface area contributed by atoms with Crippen molar-refractivity contribution in [2.45, 2.75) is 26.4 Å². The number of aromatic nitrogens is 1. The molecule has 0 bridgehead atoms. The molecule has 0 spiro atoms. The Hall–Kier alpha value is -1.72. The van der Waals surface area contributed by atoms with Crippen LogP contribution in [0.3, 0.4) is 0 Å². The van der Waals surface area contributed by atoms with Gasteiger partial charge in [-0.25, -0.2) is 9.78 Å². The molecular formula is C15H16N2O2S. The van der Waals surface area contributed by atoms with Crippen LogP contribution in [0.25, 0.3) is 0 Å². The van der Waals surface area contributed by atoms with Crippen LogP contribution in [0.4, 0.5) is 0 Å². The minimum Gasteiger partial charge on any atom is -0.478 e. The van der Waals surface area contributed by atoms with Gasteiger partial charge >= 0.3 is 5.97 Å². The van der Waals surface area contributed by atoms with E-state index in [2.05, 4.69) is 15.3 Å². The fourth-order valence-corrected chi connectivity index (χ4v) is 3.20. The number of thiazole rings is 1. The Kier molecular flexibility index (Phi) is 3.54. The van der Waals surface area contributed by atoms with Gasteiger partial charge in [-0.05, 0) is 36.6 Å². The van der Waals surface area contributed by atoms with E-state index in [0.717, 1.165) is 42.3 Å². The summed E-state index contributed by atoms with van der Waals surface area (Å²) in [5.41, 5.74) is 3.87. The lowest BCUT2D eigenvalue weighted by atomic mass is 9.97. The molecule has 1 aromatic carbocycles. The van der Waals surface area contributed by atoms with E-state index in [0.29, 0.717) is 5.56 Å². The summed E-state index contributed by atoms with van der Waals surface area (Å²) in [4.78, 5) is 17.9. The maximum absolute atomic E-state index is 11.0. The van der Waals surface area contributed by atoms with Gasteiger partial charge in [-0.3, -0.25) is 4.90 Å². The normalized spacial score (nSPS) is 15.1. The Morgan fingerprint density at radius 2 is 2.30 bits per heavy atom. The fraction of sp³-hybridized carbons (Fsp3) is 0.333. The third-order valence-corrected chi connectivity index (χ3v) is 4.42. The highest BCUT2D eigenvalue weighted by atomic mass is 32.1. The summed E-state index contributed by atoms with van der Waals surface area (Å²) in [6, 6.07) is 5.44. The molecule has 1 aliphatic rings. The van der Waals surface area contributed by atoms with Gasteiger partial charge < -0.3 is 5.11 Å². The van der Waals surface area contributed by atoms with Crippen molar-refractivity contribution in [1.82, 2.24) is 9.88 Å². The maximum Gasteiger partial charge on any atom is 0.335 e.